The summed E-state index contributed by atoms with van der Waals surface area (Å²) in [7, 11) is -0.474. The molecular weight excluding hydrogens is 498 g/mol. The normalized spacial score (nSPS) is 11.3. The van der Waals surface area contributed by atoms with Crippen molar-refractivity contribution in [3.05, 3.63) is 83.1 Å². The fourth-order valence-corrected chi connectivity index (χ4v) is 5.43. The van der Waals surface area contributed by atoms with E-state index < -0.39 is 21.9 Å². The number of aryl methyl sites for hydroxylation is 2. The van der Waals surface area contributed by atoms with Crippen LogP contribution >= 0.6 is 0 Å². The number of anilines is 1. The molecule has 0 fully saturated rings. The van der Waals surface area contributed by atoms with Crippen molar-refractivity contribution in [3.8, 4) is 11.5 Å². The van der Waals surface area contributed by atoms with E-state index in [2.05, 4.69) is 0 Å². The summed E-state index contributed by atoms with van der Waals surface area (Å²) in [5, 5.41) is 0.297. The molecule has 10 heteroatoms. The number of hydrogen-bond donors (Lipinski definition) is 0. The molecule has 0 saturated carbocycles. The van der Waals surface area contributed by atoms with Gasteiger partial charge in [-0.25, -0.2) is 13.2 Å². The lowest BCUT2D eigenvalue weighted by molar-refractivity contribution is 0.0600. The topological polar surface area (TPSA) is 112 Å². The van der Waals surface area contributed by atoms with Crippen LogP contribution in [-0.2, 0) is 14.8 Å². The number of carbonyl (C=O) groups excluding carboxylic acids is 2. The van der Waals surface area contributed by atoms with Gasteiger partial charge in [0.15, 0.2) is 0 Å². The molecule has 0 aliphatic heterocycles. The molecule has 37 heavy (non-hydrogen) atoms. The molecule has 0 atom stereocenters. The van der Waals surface area contributed by atoms with E-state index in [-0.39, 0.29) is 33.2 Å². The van der Waals surface area contributed by atoms with E-state index in [1.807, 2.05) is 6.92 Å². The lowest BCUT2D eigenvalue weighted by Crippen LogP contribution is -2.37. The first kappa shape index (κ1) is 25.8. The molecule has 4 rings (SSSR count). The van der Waals surface area contributed by atoms with Crippen molar-refractivity contribution in [2.45, 2.75) is 18.7 Å². The Labute approximate surface area is 214 Å². The zero-order valence-corrected chi connectivity index (χ0v) is 21.7. The van der Waals surface area contributed by atoms with Crippen LogP contribution in [0.25, 0.3) is 11.0 Å². The van der Waals surface area contributed by atoms with Crippen LogP contribution in [0.5, 0.6) is 11.5 Å². The summed E-state index contributed by atoms with van der Waals surface area (Å²) in [6, 6.07) is 15.1. The Kier molecular flexibility index (Phi) is 6.95. The summed E-state index contributed by atoms with van der Waals surface area (Å²) in [4.78, 5) is 26.4. The van der Waals surface area contributed by atoms with E-state index in [1.54, 1.807) is 25.1 Å². The van der Waals surface area contributed by atoms with Crippen molar-refractivity contribution in [2.75, 3.05) is 25.6 Å². The van der Waals surface area contributed by atoms with Gasteiger partial charge in [-0.1, -0.05) is 23.8 Å². The number of methoxy groups -OCH3 is 3. The van der Waals surface area contributed by atoms with Crippen LogP contribution in [0.3, 0.4) is 0 Å². The lowest BCUT2D eigenvalue weighted by Gasteiger charge is -2.24. The Bertz CT molecular complexity index is 1580. The van der Waals surface area contributed by atoms with Crippen LogP contribution < -0.4 is 13.8 Å². The van der Waals surface area contributed by atoms with E-state index in [0.29, 0.717) is 21.0 Å². The lowest BCUT2D eigenvalue weighted by atomic mass is 10.1. The summed E-state index contributed by atoms with van der Waals surface area (Å²) in [6.45, 7) is 3.42. The summed E-state index contributed by atoms with van der Waals surface area (Å²) in [5.41, 5.74) is 1.21. The van der Waals surface area contributed by atoms with Gasteiger partial charge in [0.2, 0.25) is 0 Å². The second-order valence-electron chi connectivity index (χ2n) is 8.13. The maximum absolute atomic E-state index is 14.1. The molecule has 0 unspecified atom stereocenters. The van der Waals surface area contributed by atoms with Crippen molar-refractivity contribution >= 4 is 38.6 Å². The Hall–Kier alpha value is -4.31. The van der Waals surface area contributed by atoms with Crippen molar-refractivity contribution in [1.29, 1.82) is 0 Å². The average molecular weight is 524 g/mol. The number of sulfonamides is 1. The Balaban J connectivity index is 2.01. The van der Waals surface area contributed by atoms with Crippen LogP contribution in [0.2, 0.25) is 0 Å². The smallest absolute Gasteiger partial charge is 0.342 e. The van der Waals surface area contributed by atoms with Crippen molar-refractivity contribution in [3.63, 3.8) is 0 Å². The highest BCUT2D eigenvalue weighted by atomic mass is 32.2. The highest BCUT2D eigenvalue weighted by molar-refractivity contribution is 7.93. The van der Waals surface area contributed by atoms with Gasteiger partial charge in [-0.15, -0.1) is 0 Å². The van der Waals surface area contributed by atoms with Gasteiger partial charge in [-0.2, -0.15) is 4.31 Å². The number of fused-ring (bicyclic) bond motifs is 1. The van der Waals surface area contributed by atoms with Crippen molar-refractivity contribution in [1.82, 2.24) is 0 Å². The highest BCUT2D eigenvalue weighted by Crippen LogP contribution is 2.36. The van der Waals surface area contributed by atoms with Crippen LogP contribution in [0, 0.1) is 13.8 Å². The fourth-order valence-electron chi connectivity index (χ4n) is 4.03. The number of nitrogens with zero attached hydrogens (tertiary/aromatic N) is 1. The molecule has 0 aliphatic rings. The molecule has 0 aliphatic carbocycles. The maximum Gasteiger partial charge on any atom is 0.342 e. The summed E-state index contributed by atoms with van der Waals surface area (Å²) >= 11 is 0. The Morgan fingerprint density at radius 2 is 1.46 bits per heavy atom. The number of amides is 1. The van der Waals surface area contributed by atoms with Crippen LogP contribution in [0.15, 0.2) is 70.0 Å². The first-order valence-electron chi connectivity index (χ1n) is 11.1. The fraction of sp³-hybridized carbons (Fsp3) is 0.185. The minimum atomic E-state index is -4.44. The number of furan rings is 1. The number of carbonyl (C=O) groups is 2. The Morgan fingerprint density at radius 1 is 0.838 bits per heavy atom. The molecular formula is C27H25NO8S. The third-order valence-corrected chi connectivity index (χ3v) is 7.58. The number of ether oxygens (including phenoxy) is 3. The quantitative estimate of drug-likeness (QED) is 0.315. The zero-order valence-electron chi connectivity index (χ0n) is 20.9. The number of hydrogen-bond acceptors (Lipinski definition) is 8. The molecule has 0 spiro atoms. The molecule has 4 aromatic rings. The number of rotatable bonds is 7. The van der Waals surface area contributed by atoms with Gasteiger partial charge in [-0.3, -0.25) is 4.79 Å². The minimum absolute atomic E-state index is 0.0167. The van der Waals surface area contributed by atoms with Gasteiger partial charge in [0.05, 0.1) is 31.9 Å². The third kappa shape index (κ3) is 4.51. The standard InChI is InChI=1S/C27H25NO8S/c1-16-9-12-19(13-10-16)37(31,32)28(26(29)25-22(33-3)7-6-8-23(25)34-4)18-11-14-21-20(15-18)24(17(2)36-21)27(30)35-5/h6-15H,1-5H3. The number of esters is 1. The predicted molar refractivity (Wildman–Crippen MR) is 137 cm³/mol. The molecule has 1 heterocycles. The second-order valence-corrected chi connectivity index (χ2v) is 9.92. The molecule has 9 nitrogen and oxygen atoms in total. The SMILES string of the molecule is COC(=O)c1c(C)oc2ccc(N(C(=O)c3c(OC)cccc3OC)S(=O)(=O)c3ccc(C)cc3)cc12. The van der Waals surface area contributed by atoms with E-state index in [1.165, 1.54) is 63.8 Å². The molecule has 3 aromatic carbocycles. The second kappa shape index (κ2) is 9.98. The van der Waals surface area contributed by atoms with Gasteiger partial charge in [0.1, 0.15) is 34.0 Å². The summed E-state index contributed by atoms with van der Waals surface area (Å²) in [6.07, 6.45) is 0. The van der Waals surface area contributed by atoms with Crippen LogP contribution in [0.4, 0.5) is 5.69 Å². The molecule has 0 radical (unpaired) electrons. The monoisotopic (exact) mass is 523 g/mol. The van der Waals surface area contributed by atoms with E-state index in [9.17, 15) is 18.0 Å². The van der Waals surface area contributed by atoms with Crippen LogP contribution in [0.1, 0.15) is 32.0 Å². The molecule has 0 N–H and O–H groups in total. The van der Waals surface area contributed by atoms with Gasteiger partial charge in [0.25, 0.3) is 15.9 Å². The van der Waals surface area contributed by atoms with Gasteiger partial charge < -0.3 is 18.6 Å². The van der Waals surface area contributed by atoms with E-state index in [0.717, 1.165) is 5.56 Å². The van der Waals surface area contributed by atoms with Crippen molar-refractivity contribution in [2.24, 2.45) is 0 Å². The molecule has 0 bridgehead atoms. The average Bonchev–Trinajstić information content (AvgIpc) is 3.22. The predicted octanol–water partition coefficient (Wildman–Crippen LogP) is 4.89. The highest BCUT2D eigenvalue weighted by Gasteiger charge is 2.36. The number of benzene rings is 3. The largest absolute Gasteiger partial charge is 0.496 e. The van der Waals surface area contributed by atoms with Gasteiger partial charge in [0, 0.05) is 5.39 Å². The molecule has 1 amide bonds. The van der Waals surface area contributed by atoms with E-state index >= 15 is 0 Å². The molecule has 192 valence electrons. The summed E-state index contributed by atoms with van der Waals surface area (Å²) in [5.74, 6) is -1.01. The van der Waals surface area contributed by atoms with E-state index in [4.69, 9.17) is 18.6 Å². The minimum Gasteiger partial charge on any atom is -0.496 e. The van der Waals surface area contributed by atoms with Crippen molar-refractivity contribution < 1.29 is 36.6 Å². The first-order chi connectivity index (χ1) is 17.6. The molecule has 0 saturated heterocycles. The van der Waals surface area contributed by atoms with Gasteiger partial charge in [-0.05, 0) is 56.3 Å². The maximum atomic E-state index is 14.1. The van der Waals surface area contributed by atoms with Gasteiger partial charge >= 0.3 is 5.97 Å². The summed E-state index contributed by atoms with van der Waals surface area (Å²) < 4.78 is 49.9. The Morgan fingerprint density at radius 3 is 2.03 bits per heavy atom. The first-order valence-corrected chi connectivity index (χ1v) is 12.6. The van der Waals surface area contributed by atoms with Crippen LogP contribution in [-0.4, -0.2) is 41.6 Å². The zero-order chi connectivity index (χ0) is 26.9. The molecule has 1 aromatic heterocycles. The third-order valence-electron chi connectivity index (χ3n) is 5.86.